The summed E-state index contributed by atoms with van der Waals surface area (Å²) in [7, 11) is 0. The van der Waals surface area contributed by atoms with Gasteiger partial charge in [0.05, 0.1) is 24.2 Å². The number of hydrogen-bond acceptors (Lipinski definition) is 2. The van der Waals surface area contributed by atoms with Crippen molar-refractivity contribution < 1.29 is 27.8 Å². The Morgan fingerprint density at radius 2 is 1.74 bits per heavy atom. The predicted octanol–water partition coefficient (Wildman–Crippen LogP) is 3.33. The highest BCUT2D eigenvalue weighted by molar-refractivity contribution is 5.73. The van der Waals surface area contributed by atoms with Gasteiger partial charge in [-0.2, -0.15) is 13.2 Å². The van der Waals surface area contributed by atoms with Gasteiger partial charge in [0.2, 0.25) is 0 Å². The molecule has 0 aliphatic rings. The van der Waals surface area contributed by atoms with Gasteiger partial charge < -0.3 is 9.84 Å². The average molecular weight is 276 g/mol. The van der Waals surface area contributed by atoms with Gasteiger partial charge in [-0.1, -0.05) is 12.1 Å². The number of alkyl halides is 3. The molecular weight excluding hydrogens is 261 g/mol. The minimum atomic E-state index is -4.36. The van der Waals surface area contributed by atoms with Gasteiger partial charge >= 0.3 is 12.1 Å². The lowest BCUT2D eigenvalue weighted by molar-refractivity contribution is -0.150. The van der Waals surface area contributed by atoms with E-state index in [0.717, 1.165) is 12.1 Å². The Morgan fingerprint density at radius 3 is 2.16 bits per heavy atom. The van der Waals surface area contributed by atoms with Crippen molar-refractivity contribution in [2.75, 3.05) is 6.61 Å². The molecule has 0 amide bonds. The SMILES string of the molecule is CC(C)(COCc1ccc(C(F)(F)F)cc1)C(=O)O. The Labute approximate surface area is 109 Å². The molecule has 0 fully saturated rings. The summed E-state index contributed by atoms with van der Waals surface area (Å²) in [6, 6.07) is 4.58. The molecule has 1 aromatic carbocycles. The van der Waals surface area contributed by atoms with Crippen molar-refractivity contribution in [2.45, 2.75) is 26.6 Å². The Balaban J connectivity index is 2.54. The number of carboxylic acid groups (broad SMARTS) is 1. The molecule has 0 saturated carbocycles. The second kappa shape index (κ2) is 5.61. The Hall–Kier alpha value is -1.56. The maximum absolute atomic E-state index is 12.3. The lowest BCUT2D eigenvalue weighted by Gasteiger charge is -2.18. The number of hydrogen-bond donors (Lipinski definition) is 1. The smallest absolute Gasteiger partial charge is 0.416 e. The van der Waals surface area contributed by atoms with Gasteiger partial charge in [-0.15, -0.1) is 0 Å². The van der Waals surface area contributed by atoms with Crippen molar-refractivity contribution in [3.63, 3.8) is 0 Å². The Bertz CT molecular complexity index is 435. The van der Waals surface area contributed by atoms with Crippen LogP contribution in [0.4, 0.5) is 13.2 Å². The first-order valence-corrected chi connectivity index (χ1v) is 5.60. The molecule has 0 saturated heterocycles. The fraction of sp³-hybridized carbons (Fsp3) is 0.462. The Morgan fingerprint density at radius 1 is 1.21 bits per heavy atom. The van der Waals surface area contributed by atoms with Crippen molar-refractivity contribution in [3.8, 4) is 0 Å². The van der Waals surface area contributed by atoms with E-state index >= 15 is 0 Å². The maximum atomic E-state index is 12.3. The summed E-state index contributed by atoms with van der Waals surface area (Å²) in [5.41, 5.74) is -1.18. The highest BCUT2D eigenvalue weighted by atomic mass is 19.4. The molecule has 3 nitrogen and oxygen atoms in total. The molecule has 0 radical (unpaired) electrons. The number of carbonyl (C=O) groups is 1. The molecular formula is C13H15F3O3. The molecule has 0 heterocycles. The first kappa shape index (κ1) is 15.5. The molecule has 0 unspecified atom stereocenters. The first-order chi connectivity index (χ1) is 8.63. The third-order valence-corrected chi connectivity index (χ3v) is 2.59. The molecule has 106 valence electrons. The van der Waals surface area contributed by atoms with Crippen LogP contribution in [0, 0.1) is 5.41 Å². The number of carboxylic acids is 1. The molecule has 1 N–H and O–H groups in total. The van der Waals surface area contributed by atoms with E-state index in [1.165, 1.54) is 26.0 Å². The molecule has 0 bridgehead atoms. The van der Waals surface area contributed by atoms with Crippen LogP contribution in [0.2, 0.25) is 0 Å². The zero-order valence-electron chi connectivity index (χ0n) is 10.6. The minimum Gasteiger partial charge on any atom is -0.481 e. The standard InChI is InChI=1S/C13H15F3O3/c1-12(2,11(17)18)8-19-7-9-3-5-10(6-4-9)13(14,15)16/h3-6H,7-8H2,1-2H3,(H,17,18). The van der Waals surface area contributed by atoms with E-state index in [-0.39, 0.29) is 13.2 Å². The summed E-state index contributed by atoms with van der Waals surface area (Å²) >= 11 is 0. The summed E-state index contributed by atoms with van der Waals surface area (Å²) in [5.74, 6) is -0.986. The van der Waals surface area contributed by atoms with Crippen molar-refractivity contribution in [2.24, 2.45) is 5.41 Å². The van der Waals surface area contributed by atoms with E-state index in [0.29, 0.717) is 5.56 Å². The number of aliphatic carboxylic acids is 1. The molecule has 19 heavy (non-hydrogen) atoms. The van der Waals surface area contributed by atoms with Gasteiger partial charge in [0.25, 0.3) is 0 Å². The van der Waals surface area contributed by atoms with Crippen molar-refractivity contribution in [3.05, 3.63) is 35.4 Å². The van der Waals surface area contributed by atoms with E-state index < -0.39 is 23.1 Å². The largest absolute Gasteiger partial charge is 0.481 e. The van der Waals surface area contributed by atoms with Crippen LogP contribution in [0.5, 0.6) is 0 Å². The summed E-state index contributed by atoms with van der Waals surface area (Å²) in [4.78, 5) is 10.8. The van der Waals surface area contributed by atoms with Crippen LogP contribution in [0.15, 0.2) is 24.3 Å². The molecule has 0 aliphatic heterocycles. The second-order valence-electron chi connectivity index (χ2n) is 4.88. The van der Waals surface area contributed by atoms with E-state index in [2.05, 4.69) is 0 Å². The summed E-state index contributed by atoms with van der Waals surface area (Å²) in [6.45, 7) is 3.10. The van der Waals surface area contributed by atoms with Gasteiger partial charge in [0.1, 0.15) is 0 Å². The summed E-state index contributed by atoms with van der Waals surface area (Å²) < 4.78 is 42.2. The molecule has 6 heteroatoms. The fourth-order valence-corrected chi connectivity index (χ4v) is 1.28. The van der Waals surface area contributed by atoms with E-state index in [1.54, 1.807) is 0 Å². The van der Waals surface area contributed by atoms with Crippen LogP contribution >= 0.6 is 0 Å². The number of rotatable bonds is 5. The lowest BCUT2D eigenvalue weighted by atomic mass is 9.95. The molecule has 0 spiro atoms. The third-order valence-electron chi connectivity index (χ3n) is 2.59. The number of benzene rings is 1. The van der Waals surface area contributed by atoms with Gasteiger partial charge in [0.15, 0.2) is 0 Å². The van der Waals surface area contributed by atoms with Crippen molar-refractivity contribution in [1.29, 1.82) is 0 Å². The zero-order chi connectivity index (χ0) is 14.7. The molecule has 1 aromatic rings. The van der Waals surface area contributed by atoms with Gasteiger partial charge in [-0.05, 0) is 31.5 Å². The van der Waals surface area contributed by atoms with Crippen molar-refractivity contribution >= 4 is 5.97 Å². The molecule has 0 aromatic heterocycles. The van der Waals surface area contributed by atoms with Gasteiger partial charge in [-0.3, -0.25) is 4.79 Å². The second-order valence-corrected chi connectivity index (χ2v) is 4.88. The van der Waals surface area contributed by atoms with Crippen LogP contribution in [-0.2, 0) is 22.3 Å². The highest BCUT2D eigenvalue weighted by Crippen LogP contribution is 2.29. The number of ether oxygens (including phenoxy) is 1. The zero-order valence-corrected chi connectivity index (χ0v) is 10.6. The maximum Gasteiger partial charge on any atom is 0.416 e. The Kier molecular flexibility index (Phi) is 4.57. The summed E-state index contributed by atoms with van der Waals surface area (Å²) in [6.07, 6.45) is -4.36. The highest BCUT2D eigenvalue weighted by Gasteiger charge is 2.30. The lowest BCUT2D eigenvalue weighted by Crippen LogP contribution is -2.29. The minimum absolute atomic E-state index is 0.0106. The number of halogens is 3. The van der Waals surface area contributed by atoms with Crippen molar-refractivity contribution in [1.82, 2.24) is 0 Å². The van der Waals surface area contributed by atoms with E-state index in [4.69, 9.17) is 9.84 Å². The van der Waals surface area contributed by atoms with E-state index in [9.17, 15) is 18.0 Å². The fourth-order valence-electron chi connectivity index (χ4n) is 1.28. The van der Waals surface area contributed by atoms with Gasteiger partial charge in [0, 0.05) is 0 Å². The van der Waals surface area contributed by atoms with Gasteiger partial charge in [-0.25, -0.2) is 0 Å². The molecule has 0 atom stereocenters. The normalized spacial score (nSPS) is 12.5. The third kappa shape index (κ3) is 4.55. The van der Waals surface area contributed by atoms with Crippen LogP contribution in [0.1, 0.15) is 25.0 Å². The molecule has 0 aliphatic carbocycles. The van der Waals surface area contributed by atoms with Crippen LogP contribution < -0.4 is 0 Å². The predicted molar refractivity (Wildman–Crippen MR) is 62.5 cm³/mol. The average Bonchev–Trinajstić information content (AvgIpc) is 2.28. The monoisotopic (exact) mass is 276 g/mol. The van der Waals surface area contributed by atoms with Crippen LogP contribution in [-0.4, -0.2) is 17.7 Å². The van der Waals surface area contributed by atoms with Crippen LogP contribution in [0.3, 0.4) is 0 Å². The quantitative estimate of drug-likeness (QED) is 0.897. The summed E-state index contributed by atoms with van der Waals surface area (Å²) in [5, 5.41) is 8.86. The molecule has 1 rings (SSSR count). The topological polar surface area (TPSA) is 46.5 Å². The van der Waals surface area contributed by atoms with Crippen LogP contribution in [0.25, 0.3) is 0 Å². The first-order valence-electron chi connectivity index (χ1n) is 5.60. The van der Waals surface area contributed by atoms with E-state index in [1.807, 2.05) is 0 Å².